The lowest BCUT2D eigenvalue weighted by Crippen LogP contribution is -2.32. The molecule has 8 heteroatoms. The molecular weight excluding hydrogens is 452 g/mol. The van der Waals surface area contributed by atoms with Gasteiger partial charge in [0.2, 0.25) is 5.95 Å². The largest absolute Gasteiger partial charge is 0.497 e. The van der Waals surface area contributed by atoms with Gasteiger partial charge in [0.15, 0.2) is 0 Å². The van der Waals surface area contributed by atoms with Gasteiger partial charge in [-0.2, -0.15) is 10.1 Å². The lowest BCUT2D eigenvalue weighted by molar-refractivity contribution is 0.223. The predicted octanol–water partition coefficient (Wildman–Crippen LogP) is 5.51. The molecule has 0 spiro atoms. The molecule has 2 aliphatic heterocycles. The highest BCUT2D eigenvalue weighted by Crippen LogP contribution is 2.51. The minimum Gasteiger partial charge on any atom is -0.497 e. The van der Waals surface area contributed by atoms with E-state index in [2.05, 4.69) is 15.4 Å². The summed E-state index contributed by atoms with van der Waals surface area (Å²) in [6.07, 6.45) is 1.19. The predicted molar refractivity (Wildman–Crippen MR) is 130 cm³/mol. The first-order chi connectivity index (χ1) is 16.7. The second kappa shape index (κ2) is 8.11. The van der Waals surface area contributed by atoms with E-state index in [1.165, 1.54) is 0 Å². The van der Waals surface area contributed by atoms with Gasteiger partial charge in [0.05, 0.1) is 19.9 Å². The van der Waals surface area contributed by atoms with Gasteiger partial charge in [0, 0.05) is 16.2 Å². The van der Waals surface area contributed by atoms with Gasteiger partial charge in [0.25, 0.3) is 0 Å². The molecule has 2 aliphatic rings. The van der Waals surface area contributed by atoms with Crippen LogP contribution in [0.1, 0.15) is 28.8 Å². The SMILES string of the molecule is COc1ccc(C2Oc3ccc(Cl)cc3C3=C2C(c2ccc(OC)cc2)n2ncnc2N3)cc1. The summed E-state index contributed by atoms with van der Waals surface area (Å²) in [7, 11) is 3.31. The van der Waals surface area contributed by atoms with E-state index in [4.69, 9.17) is 25.8 Å². The van der Waals surface area contributed by atoms with Gasteiger partial charge < -0.3 is 19.5 Å². The molecule has 0 bridgehead atoms. The van der Waals surface area contributed by atoms with Crippen molar-refractivity contribution in [3.63, 3.8) is 0 Å². The topological polar surface area (TPSA) is 70.4 Å². The summed E-state index contributed by atoms with van der Waals surface area (Å²) in [5.74, 6) is 2.97. The van der Waals surface area contributed by atoms with E-state index in [1.807, 2.05) is 71.4 Å². The van der Waals surface area contributed by atoms with Crippen molar-refractivity contribution >= 4 is 23.2 Å². The first kappa shape index (κ1) is 20.6. The van der Waals surface area contributed by atoms with Crippen LogP contribution in [0, 0.1) is 0 Å². The Morgan fingerprint density at radius 3 is 2.26 bits per heavy atom. The minimum atomic E-state index is -0.369. The fourth-order valence-electron chi connectivity index (χ4n) is 4.60. The van der Waals surface area contributed by atoms with Gasteiger partial charge in [-0.15, -0.1) is 0 Å². The lowest BCUT2D eigenvalue weighted by atomic mass is 9.84. The van der Waals surface area contributed by atoms with E-state index in [0.29, 0.717) is 11.0 Å². The maximum Gasteiger partial charge on any atom is 0.226 e. The molecule has 170 valence electrons. The van der Waals surface area contributed by atoms with E-state index in [9.17, 15) is 0 Å². The van der Waals surface area contributed by atoms with Gasteiger partial charge in [-0.3, -0.25) is 0 Å². The number of hydrogen-bond acceptors (Lipinski definition) is 6. The van der Waals surface area contributed by atoms with Gasteiger partial charge in [0.1, 0.15) is 35.7 Å². The second-order valence-electron chi connectivity index (χ2n) is 8.07. The summed E-state index contributed by atoms with van der Waals surface area (Å²) in [6, 6.07) is 21.3. The van der Waals surface area contributed by atoms with Crippen molar-refractivity contribution in [1.29, 1.82) is 0 Å². The normalized spacial score (nSPS) is 18.2. The summed E-state index contributed by atoms with van der Waals surface area (Å²) in [6.45, 7) is 0. The molecule has 0 saturated carbocycles. The molecule has 2 atom stereocenters. The molecule has 0 amide bonds. The van der Waals surface area contributed by atoms with E-state index < -0.39 is 0 Å². The Labute approximate surface area is 201 Å². The summed E-state index contributed by atoms with van der Waals surface area (Å²) in [4.78, 5) is 4.46. The number of fused-ring (bicyclic) bond motifs is 3. The van der Waals surface area contributed by atoms with Crippen molar-refractivity contribution in [2.24, 2.45) is 0 Å². The average molecular weight is 473 g/mol. The molecule has 1 aromatic heterocycles. The Morgan fingerprint density at radius 1 is 0.912 bits per heavy atom. The number of halogens is 1. The van der Waals surface area contributed by atoms with Crippen molar-refractivity contribution in [3.05, 3.63) is 100 Å². The number of nitrogens with one attached hydrogen (secondary N) is 1. The van der Waals surface area contributed by atoms with Crippen LogP contribution in [0.4, 0.5) is 5.95 Å². The van der Waals surface area contributed by atoms with Crippen LogP contribution in [0.3, 0.4) is 0 Å². The number of rotatable bonds is 4. The number of aromatic nitrogens is 3. The van der Waals surface area contributed by atoms with Crippen molar-refractivity contribution in [2.75, 3.05) is 19.5 Å². The molecule has 0 radical (unpaired) electrons. The van der Waals surface area contributed by atoms with Crippen LogP contribution in [0.2, 0.25) is 5.02 Å². The first-order valence-electron chi connectivity index (χ1n) is 10.8. The first-order valence-corrected chi connectivity index (χ1v) is 11.2. The monoisotopic (exact) mass is 472 g/mol. The molecule has 6 rings (SSSR count). The molecule has 7 nitrogen and oxygen atoms in total. The number of methoxy groups -OCH3 is 2. The third kappa shape index (κ3) is 3.28. The molecule has 0 saturated heterocycles. The molecule has 3 heterocycles. The molecule has 2 unspecified atom stereocenters. The van der Waals surface area contributed by atoms with Crippen molar-refractivity contribution in [2.45, 2.75) is 12.1 Å². The van der Waals surface area contributed by atoms with Crippen LogP contribution < -0.4 is 19.5 Å². The van der Waals surface area contributed by atoms with E-state index in [-0.39, 0.29) is 12.1 Å². The number of ether oxygens (including phenoxy) is 3. The molecular formula is C26H21ClN4O3. The van der Waals surface area contributed by atoms with Gasteiger partial charge in [-0.05, 0) is 53.6 Å². The van der Waals surface area contributed by atoms with Gasteiger partial charge in [-0.25, -0.2) is 4.68 Å². The molecule has 0 fully saturated rings. The Kier molecular flexibility index (Phi) is 4.92. The van der Waals surface area contributed by atoms with Crippen LogP contribution >= 0.6 is 11.6 Å². The van der Waals surface area contributed by atoms with Crippen LogP contribution in [0.25, 0.3) is 5.70 Å². The zero-order valence-electron chi connectivity index (χ0n) is 18.5. The third-order valence-electron chi connectivity index (χ3n) is 6.23. The minimum absolute atomic E-state index is 0.251. The zero-order chi connectivity index (χ0) is 23.2. The highest BCUT2D eigenvalue weighted by molar-refractivity contribution is 6.30. The quantitative estimate of drug-likeness (QED) is 0.422. The Bertz CT molecular complexity index is 1400. The Morgan fingerprint density at radius 2 is 1.59 bits per heavy atom. The van der Waals surface area contributed by atoms with Crippen molar-refractivity contribution in [3.8, 4) is 17.2 Å². The van der Waals surface area contributed by atoms with Crippen molar-refractivity contribution in [1.82, 2.24) is 14.8 Å². The molecule has 1 N–H and O–H groups in total. The fourth-order valence-corrected chi connectivity index (χ4v) is 4.77. The highest BCUT2D eigenvalue weighted by atomic mass is 35.5. The summed E-state index contributed by atoms with van der Waals surface area (Å²) in [5.41, 5.74) is 4.86. The van der Waals surface area contributed by atoms with Crippen LogP contribution in [-0.4, -0.2) is 29.0 Å². The van der Waals surface area contributed by atoms with E-state index in [0.717, 1.165) is 45.2 Å². The van der Waals surface area contributed by atoms with E-state index in [1.54, 1.807) is 20.5 Å². The summed E-state index contributed by atoms with van der Waals surface area (Å²) < 4.78 is 19.3. The lowest BCUT2D eigenvalue weighted by Gasteiger charge is -2.39. The standard InChI is InChI=1S/C26H21ClN4O3/c1-32-18-8-3-15(4-9-18)24-22-23(30-26-28-14-29-31(24)26)20-13-17(27)7-12-21(20)34-25(22)16-5-10-19(33-2)11-6-16/h3-14,24-25H,1-2H3,(H,28,29,30). The zero-order valence-corrected chi connectivity index (χ0v) is 19.3. The Hall–Kier alpha value is -3.97. The molecule has 4 aromatic rings. The van der Waals surface area contributed by atoms with Crippen molar-refractivity contribution < 1.29 is 14.2 Å². The second-order valence-corrected chi connectivity index (χ2v) is 8.51. The number of nitrogens with zero attached hydrogens (tertiary/aromatic N) is 3. The summed E-state index contributed by atoms with van der Waals surface area (Å²) >= 11 is 6.39. The maximum absolute atomic E-state index is 6.62. The number of hydrogen-bond donors (Lipinski definition) is 1. The average Bonchev–Trinajstić information content (AvgIpc) is 3.35. The van der Waals surface area contributed by atoms with Gasteiger partial charge in [-0.1, -0.05) is 35.9 Å². The fraction of sp³-hybridized carbons (Fsp3) is 0.154. The summed E-state index contributed by atoms with van der Waals surface area (Å²) in [5, 5.41) is 8.67. The van der Waals surface area contributed by atoms with Gasteiger partial charge >= 0.3 is 0 Å². The van der Waals surface area contributed by atoms with E-state index >= 15 is 0 Å². The number of anilines is 1. The maximum atomic E-state index is 6.62. The smallest absolute Gasteiger partial charge is 0.226 e. The molecule has 0 aliphatic carbocycles. The molecule has 34 heavy (non-hydrogen) atoms. The highest BCUT2D eigenvalue weighted by Gasteiger charge is 2.41. The van der Waals surface area contributed by atoms with Crippen LogP contribution in [0.5, 0.6) is 17.2 Å². The Balaban J connectivity index is 1.59. The van der Waals surface area contributed by atoms with Crippen LogP contribution in [-0.2, 0) is 0 Å². The molecule has 3 aromatic carbocycles. The number of benzene rings is 3. The van der Waals surface area contributed by atoms with Crippen LogP contribution in [0.15, 0.2) is 78.6 Å². The third-order valence-corrected chi connectivity index (χ3v) is 6.46.